The molecule has 2 aromatic heterocycles. The lowest BCUT2D eigenvalue weighted by atomic mass is 10.1. The SMILES string of the molecule is O=C(COc1ccc2ccccc2c1)NCCS(=O)(=O)Nc1ccn2nccc2c1. The van der Waals surface area contributed by atoms with Crippen LogP contribution in [0.15, 0.2) is 73.1 Å². The molecular formula is C21H20N4O4S. The number of benzene rings is 2. The molecule has 0 saturated heterocycles. The van der Waals surface area contributed by atoms with Crippen LogP contribution in [0.4, 0.5) is 5.69 Å². The average Bonchev–Trinajstić information content (AvgIpc) is 3.19. The number of fused-ring (bicyclic) bond motifs is 2. The topological polar surface area (TPSA) is 102 Å². The second-order valence-electron chi connectivity index (χ2n) is 6.68. The highest BCUT2D eigenvalue weighted by atomic mass is 32.2. The monoisotopic (exact) mass is 424 g/mol. The van der Waals surface area contributed by atoms with Crippen molar-refractivity contribution in [2.24, 2.45) is 0 Å². The Balaban J connectivity index is 1.24. The zero-order valence-electron chi connectivity index (χ0n) is 16.0. The number of sulfonamides is 1. The van der Waals surface area contributed by atoms with Gasteiger partial charge in [-0.25, -0.2) is 12.9 Å². The number of aromatic nitrogens is 2. The Morgan fingerprint density at radius 3 is 2.73 bits per heavy atom. The third kappa shape index (κ3) is 4.87. The van der Waals surface area contributed by atoms with E-state index in [4.69, 9.17) is 4.74 Å². The van der Waals surface area contributed by atoms with Crippen LogP contribution < -0.4 is 14.8 Å². The van der Waals surface area contributed by atoms with Crippen molar-refractivity contribution in [3.63, 3.8) is 0 Å². The summed E-state index contributed by atoms with van der Waals surface area (Å²) in [6.07, 6.45) is 3.29. The lowest BCUT2D eigenvalue weighted by Gasteiger charge is -2.10. The smallest absolute Gasteiger partial charge is 0.257 e. The molecule has 1 amide bonds. The van der Waals surface area contributed by atoms with Gasteiger partial charge in [0.1, 0.15) is 5.75 Å². The van der Waals surface area contributed by atoms with E-state index in [2.05, 4.69) is 15.1 Å². The van der Waals surface area contributed by atoms with Crippen LogP contribution in [0.5, 0.6) is 5.75 Å². The lowest BCUT2D eigenvalue weighted by Crippen LogP contribution is -2.34. The number of ether oxygens (including phenoxy) is 1. The fourth-order valence-corrected chi connectivity index (χ4v) is 3.96. The molecule has 8 nitrogen and oxygen atoms in total. The molecule has 0 atom stereocenters. The van der Waals surface area contributed by atoms with E-state index in [0.717, 1.165) is 16.3 Å². The molecule has 0 fully saturated rings. The van der Waals surface area contributed by atoms with Gasteiger partial charge in [0, 0.05) is 18.9 Å². The molecule has 0 bridgehead atoms. The molecule has 0 aliphatic carbocycles. The van der Waals surface area contributed by atoms with Crippen LogP contribution in [-0.2, 0) is 14.8 Å². The summed E-state index contributed by atoms with van der Waals surface area (Å²) in [4.78, 5) is 12.0. The summed E-state index contributed by atoms with van der Waals surface area (Å²) in [5.74, 6) is -0.0634. The van der Waals surface area contributed by atoms with Gasteiger partial charge in [0.2, 0.25) is 10.0 Å². The number of rotatable bonds is 8. The number of carbonyl (C=O) groups is 1. The van der Waals surface area contributed by atoms with Crippen molar-refractivity contribution in [1.29, 1.82) is 0 Å². The Morgan fingerprint density at radius 1 is 1.03 bits per heavy atom. The first kappa shape index (κ1) is 19.7. The summed E-state index contributed by atoms with van der Waals surface area (Å²) in [6, 6.07) is 18.5. The van der Waals surface area contributed by atoms with Crippen molar-refractivity contribution in [2.45, 2.75) is 0 Å². The van der Waals surface area contributed by atoms with Crippen molar-refractivity contribution < 1.29 is 17.9 Å². The van der Waals surface area contributed by atoms with Gasteiger partial charge in [0.25, 0.3) is 5.91 Å². The van der Waals surface area contributed by atoms with Gasteiger partial charge in [0.15, 0.2) is 6.61 Å². The molecule has 0 aliphatic heterocycles. The Labute approximate surface area is 173 Å². The fraction of sp³-hybridized carbons (Fsp3) is 0.143. The van der Waals surface area contributed by atoms with E-state index in [1.54, 1.807) is 41.2 Å². The maximum atomic E-state index is 12.2. The standard InChI is InChI=1S/C21H20N4O4S/c26-21(15-29-20-6-5-16-3-1-2-4-17(16)13-20)22-10-12-30(27,28)24-18-8-11-25-19(14-18)7-9-23-25/h1-9,11,13-14,24H,10,12,15H2,(H,22,26). The molecule has 0 radical (unpaired) electrons. The van der Waals surface area contributed by atoms with Crippen LogP contribution >= 0.6 is 0 Å². The molecule has 30 heavy (non-hydrogen) atoms. The third-order valence-corrected chi connectivity index (χ3v) is 5.75. The van der Waals surface area contributed by atoms with Gasteiger partial charge in [-0.1, -0.05) is 30.3 Å². The van der Waals surface area contributed by atoms with Crippen molar-refractivity contribution >= 4 is 37.9 Å². The van der Waals surface area contributed by atoms with Crippen molar-refractivity contribution in [1.82, 2.24) is 14.9 Å². The summed E-state index contributed by atoms with van der Waals surface area (Å²) in [7, 11) is -3.61. The molecule has 4 aromatic rings. The number of amides is 1. The van der Waals surface area contributed by atoms with Crippen LogP contribution in [0.1, 0.15) is 0 Å². The second kappa shape index (κ2) is 8.42. The average molecular weight is 424 g/mol. The minimum absolute atomic E-state index is 0.0236. The first-order valence-corrected chi connectivity index (χ1v) is 11.0. The third-order valence-electron chi connectivity index (χ3n) is 4.46. The van der Waals surface area contributed by atoms with E-state index in [1.807, 2.05) is 36.4 Å². The quantitative estimate of drug-likeness (QED) is 0.452. The summed E-state index contributed by atoms with van der Waals surface area (Å²) in [5, 5.41) is 8.72. The molecule has 154 valence electrons. The van der Waals surface area contributed by atoms with Gasteiger partial charge in [-0.05, 0) is 41.1 Å². The number of hydrogen-bond donors (Lipinski definition) is 2. The zero-order chi connectivity index (χ0) is 21.0. The lowest BCUT2D eigenvalue weighted by molar-refractivity contribution is -0.122. The molecule has 0 aliphatic rings. The van der Waals surface area contributed by atoms with E-state index in [0.29, 0.717) is 11.4 Å². The Bertz CT molecular complexity index is 1300. The zero-order valence-corrected chi connectivity index (χ0v) is 16.8. The highest BCUT2D eigenvalue weighted by Gasteiger charge is 2.12. The number of nitrogens with one attached hydrogen (secondary N) is 2. The number of anilines is 1. The second-order valence-corrected chi connectivity index (χ2v) is 8.53. The molecule has 0 unspecified atom stereocenters. The number of hydrogen-bond acceptors (Lipinski definition) is 5. The summed E-state index contributed by atoms with van der Waals surface area (Å²) < 4.78 is 34.1. The van der Waals surface area contributed by atoms with Gasteiger partial charge < -0.3 is 10.1 Å². The van der Waals surface area contributed by atoms with E-state index in [-0.39, 0.29) is 24.8 Å². The molecular weight excluding hydrogens is 404 g/mol. The Morgan fingerprint density at radius 2 is 1.87 bits per heavy atom. The largest absolute Gasteiger partial charge is 0.484 e. The van der Waals surface area contributed by atoms with E-state index in [1.165, 1.54) is 0 Å². The fourth-order valence-electron chi connectivity index (χ4n) is 3.00. The molecule has 0 spiro atoms. The molecule has 2 heterocycles. The van der Waals surface area contributed by atoms with Gasteiger partial charge in [-0.3, -0.25) is 9.52 Å². The van der Waals surface area contributed by atoms with Gasteiger partial charge in [-0.15, -0.1) is 0 Å². The number of pyridine rings is 1. The Hall–Kier alpha value is -3.59. The minimum atomic E-state index is -3.61. The summed E-state index contributed by atoms with van der Waals surface area (Å²) in [5.41, 5.74) is 1.21. The maximum Gasteiger partial charge on any atom is 0.257 e. The van der Waals surface area contributed by atoms with Gasteiger partial charge in [-0.2, -0.15) is 5.10 Å². The number of carbonyl (C=O) groups excluding carboxylic acids is 1. The van der Waals surface area contributed by atoms with Gasteiger partial charge >= 0.3 is 0 Å². The molecule has 2 N–H and O–H groups in total. The molecule has 2 aromatic carbocycles. The predicted octanol–water partition coefficient (Wildman–Crippen LogP) is 2.42. The highest BCUT2D eigenvalue weighted by molar-refractivity contribution is 7.92. The van der Waals surface area contributed by atoms with Crippen LogP contribution in [0.3, 0.4) is 0 Å². The maximum absolute atomic E-state index is 12.2. The summed E-state index contributed by atoms with van der Waals surface area (Å²) in [6.45, 7) is -0.214. The van der Waals surface area contributed by atoms with Crippen molar-refractivity contribution in [3.05, 3.63) is 73.1 Å². The van der Waals surface area contributed by atoms with E-state index >= 15 is 0 Å². The van der Waals surface area contributed by atoms with E-state index in [9.17, 15) is 13.2 Å². The van der Waals surface area contributed by atoms with Crippen LogP contribution in [0, 0.1) is 0 Å². The van der Waals surface area contributed by atoms with Crippen molar-refractivity contribution in [3.8, 4) is 5.75 Å². The van der Waals surface area contributed by atoms with Crippen LogP contribution in [0.2, 0.25) is 0 Å². The molecule has 9 heteroatoms. The first-order chi connectivity index (χ1) is 14.5. The van der Waals surface area contributed by atoms with Crippen LogP contribution in [0.25, 0.3) is 16.3 Å². The number of nitrogens with zero attached hydrogens (tertiary/aromatic N) is 2. The Kier molecular flexibility index (Phi) is 5.53. The molecule has 0 saturated carbocycles. The van der Waals surface area contributed by atoms with Crippen molar-refractivity contribution in [2.75, 3.05) is 23.6 Å². The van der Waals surface area contributed by atoms with Gasteiger partial charge in [0.05, 0.1) is 17.0 Å². The van der Waals surface area contributed by atoms with Crippen LogP contribution in [-0.4, -0.2) is 42.8 Å². The normalized spacial score (nSPS) is 11.5. The highest BCUT2D eigenvalue weighted by Crippen LogP contribution is 2.20. The minimum Gasteiger partial charge on any atom is -0.484 e. The summed E-state index contributed by atoms with van der Waals surface area (Å²) >= 11 is 0. The predicted molar refractivity (Wildman–Crippen MR) is 115 cm³/mol. The van der Waals surface area contributed by atoms with E-state index < -0.39 is 10.0 Å². The first-order valence-electron chi connectivity index (χ1n) is 9.31. The molecule has 4 rings (SSSR count).